The first-order chi connectivity index (χ1) is 10.5. The molecule has 1 aliphatic rings. The number of rotatable bonds is 6. The predicted molar refractivity (Wildman–Crippen MR) is 85.6 cm³/mol. The fraction of sp³-hybridized carbons (Fsp3) is 0.647. The van der Waals surface area contributed by atoms with Crippen molar-refractivity contribution in [2.45, 2.75) is 38.9 Å². The maximum Gasteiger partial charge on any atom is 0.131 e. The highest BCUT2D eigenvalue weighted by atomic mass is 19.1. The summed E-state index contributed by atoms with van der Waals surface area (Å²) in [6.45, 7) is 7.91. The van der Waals surface area contributed by atoms with Gasteiger partial charge in [0.1, 0.15) is 11.6 Å². The van der Waals surface area contributed by atoms with Crippen LogP contribution in [0.4, 0.5) is 4.39 Å². The molecule has 0 spiro atoms. The van der Waals surface area contributed by atoms with Crippen molar-refractivity contribution in [1.29, 1.82) is 0 Å². The maximum absolute atomic E-state index is 14.1. The zero-order valence-corrected chi connectivity index (χ0v) is 13.8. The van der Waals surface area contributed by atoms with Gasteiger partial charge in [0.2, 0.25) is 0 Å². The molecular formula is C17H27FN2O2. The van der Waals surface area contributed by atoms with E-state index >= 15 is 0 Å². The quantitative estimate of drug-likeness (QED) is 0.873. The van der Waals surface area contributed by atoms with E-state index in [9.17, 15) is 9.50 Å². The molecule has 1 saturated heterocycles. The second kappa shape index (κ2) is 7.90. The van der Waals surface area contributed by atoms with Gasteiger partial charge in [0.25, 0.3) is 0 Å². The normalized spacial score (nSPS) is 20.5. The van der Waals surface area contributed by atoms with E-state index in [2.05, 4.69) is 23.6 Å². The Hall–Kier alpha value is -1.17. The molecule has 1 fully saturated rings. The molecule has 124 valence electrons. The number of hydrogen-bond acceptors (Lipinski definition) is 4. The molecule has 0 aromatic heterocycles. The van der Waals surface area contributed by atoms with Crippen LogP contribution in [0.15, 0.2) is 18.2 Å². The van der Waals surface area contributed by atoms with Crippen molar-refractivity contribution < 1.29 is 14.2 Å². The smallest absolute Gasteiger partial charge is 0.131 e. The van der Waals surface area contributed by atoms with E-state index in [4.69, 9.17) is 4.74 Å². The first-order valence-corrected chi connectivity index (χ1v) is 7.96. The lowest BCUT2D eigenvalue weighted by Crippen LogP contribution is -2.55. The van der Waals surface area contributed by atoms with Crippen molar-refractivity contribution in [2.75, 3.05) is 33.4 Å². The molecule has 1 aliphatic heterocycles. The largest absolute Gasteiger partial charge is 0.497 e. The number of piperazine rings is 1. The summed E-state index contributed by atoms with van der Waals surface area (Å²) in [4.78, 5) is 4.70. The van der Waals surface area contributed by atoms with Gasteiger partial charge in [-0.3, -0.25) is 9.80 Å². The van der Waals surface area contributed by atoms with Gasteiger partial charge in [-0.2, -0.15) is 0 Å². The second-order valence-corrected chi connectivity index (χ2v) is 6.19. The summed E-state index contributed by atoms with van der Waals surface area (Å²) in [6, 6.07) is 5.83. The van der Waals surface area contributed by atoms with Crippen LogP contribution < -0.4 is 4.74 Å². The molecule has 1 aromatic carbocycles. The van der Waals surface area contributed by atoms with Gasteiger partial charge in [-0.15, -0.1) is 0 Å². The standard InChI is InChI=1S/C17H27FN2O2/c1-13(2)20-8-7-19(12-15(20)6-9-21)11-14-4-5-16(22-3)10-17(14)18/h4-5,10,13,15,21H,6-9,11-12H2,1-3H3/t15-/m1/s1. The van der Waals surface area contributed by atoms with Crippen LogP contribution in [0.2, 0.25) is 0 Å². The van der Waals surface area contributed by atoms with Crippen LogP contribution in [0.25, 0.3) is 0 Å². The Kier molecular flexibility index (Phi) is 6.17. The first kappa shape index (κ1) is 17.2. The Morgan fingerprint density at radius 1 is 1.36 bits per heavy atom. The molecule has 1 heterocycles. The van der Waals surface area contributed by atoms with Gasteiger partial charge in [-0.1, -0.05) is 6.07 Å². The maximum atomic E-state index is 14.1. The van der Waals surface area contributed by atoms with E-state index in [1.54, 1.807) is 19.2 Å². The highest BCUT2D eigenvalue weighted by Gasteiger charge is 2.28. The lowest BCUT2D eigenvalue weighted by atomic mass is 10.1. The average Bonchev–Trinajstić information content (AvgIpc) is 2.49. The third-order valence-electron chi connectivity index (χ3n) is 4.39. The number of hydrogen-bond donors (Lipinski definition) is 1. The van der Waals surface area contributed by atoms with E-state index in [1.807, 2.05) is 0 Å². The molecular weight excluding hydrogens is 283 g/mol. The van der Waals surface area contributed by atoms with Crippen LogP contribution in [0.5, 0.6) is 5.75 Å². The molecule has 4 nitrogen and oxygen atoms in total. The molecule has 1 aromatic rings. The van der Waals surface area contributed by atoms with Crippen LogP contribution in [0, 0.1) is 5.82 Å². The Balaban J connectivity index is 2.02. The summed E-state index contributed by atoms with van der Waals surface area (Å²) in [5.41, 5.74) is 0.696. The minimum atomic E-state index is -0.218. The van der Waals surface area contributed by atoms with Gasteiger partial charge in [0.15, 0.2) is 0 Å². The van der Waals surface area contributed by atoms with Crippen LogP contribution in [-0.4, -0.2) is 60.3 Å². The van der Waals surface area contributed by atoms with Crippen molar-refractivity contribution in [1.82, 2.24) is 9.80 Å². The fourth-order valence-corrected chi connectivity index (χ4v) is 3.19. The van der Waals surface area contributed by atoms with E-state index in [1.165, 1.54) is 6.07 Å². The van der Waals surface area contributed by atoms with Gasteiger partial charge in [-0.25, -0.2) is 4.39 Å². The van der Waals surface area contributed by atoms with Gasteiger partial charge in [0, 0.05) is 56.5 Å². The molecule has 1 N–H and O–H groups in total. The van der Waals surface area contributed by atoms with Crippen LogP contribution in [0.1, 0.15) is 25.8 Å². The van der Waals surface area contributed by atoms with Crippen molar-refractivity contribution in [3.8, 4) is 5.75 Å². The Morgan fingerprint density at radius 2 is 2.14 bits per heavy atom. The minimum absolute atomic E-state index is 0.193. The Labute approximate surface area is 132 Å². The Morgan fingerprint density at radius 3 is 2.73 bits per heavy atom. The van der Waals surface area contributed by atoms with E-state index in [0.717, 1.165) is 26.1 Å². The van der Waals surface area contributed by atoms with E-state index in [0.29, 0.717) is 29.9 Å². The van der Waals surface area contributed by atoms with Gasteiger partial charge < -0.3 is 9.84 Å². The van der Waals surface area contributed by atoms with Crippen molar-refractivity contribution in [3.63, 3.8) is 0 Å². The molecule has 0 amide bonds. The summed E-state index contributed by atoms with van der Waals surface area (Å²) < 4.78 is 19.1. The van der Waals surface area contributed by atoms with Gasteiger partial charge in [-0.05, 0) is 26.3 Å². The zero-order valence-electron chi connectivity index (χ0n) is 13.8. The summed E-state index contributed by atoms with van der Waals surface area (Å²) in [5, 5.41) is 9.28. The summed E-state index contributed by atoms with van der Waals surface area (Å²) >= 11 is 0. The third kappa shape index (κ3) is 4.18. The average molecular weight is 310 g/mol. The Bertz CT molecular complexity index is 482. The zero-order chi connectivity index (χ0) is 16.1. The number of aliphatic hydroxyl groups is 1. The van der Waals surface area contributed by atoms with Crippen molar-refractivity contribution in [2.24, 2.45) is 0 Å². The molecule has 0 saturated carbocycles. The summed E-state index contributed by atoms with van der Waals surface area (Å²) in [5.74, 6) is 0.327. The predicted octanol–water partition coefficient (Wildman–Crippen LogP) is 2.11. The number of methoxy groups -OCH3 is 1. The topological polar surface area (TPSA) is 35.9 Å². The second-order valence-electron chi connectivity index (χ2n) is 6.19. The first-order valence-electron chi connectivity index (χ1n) is 7.96. The highest BCUT2D eigenvalue weighted by Crippen LogP contribution is 2.21. The van der Waals surface area contributed by atoms with E-state index in [-0.39, 0.29) is 12.4 Å². The molecule has 22 heavy (non-hydrogen) atoms. The number of halogens is 1. The third-order valence-corrected chi connectivity index (χ3v) is 4.39. The number of aliphatic hydroxyl groups excluding tert-OH is 1. The fourth-order valence-electron chi connectivity index (χ4n) is 3.19. The van der Waals surface area contributed by atoms with Gasteiger partial charge in [0.05, 0.1) is 7.11 Å². The van der Waals surface area contributed by atoms with Crippen LogP contribution >= 0.6 is 0 Å². The molecule has 0 bridgehead atoms. The lowest BCUT2D eigenvalue weighted by Gasteiger charge is -2.43. The van der Waals surface area contributed by atoms with Crippen molar-refractivity contribution >= 4 is 0 Å². The molecule has 2 rings (SSSR count). The molecule has 5 heteroatoms. The molecule has 0 radical (unpaired) electrons. The van der Waals surface area contributed by atoms with Crippen molar-refractivity contribution in [3.05, 3.63) is 29.6 Å². The van der Waals surface area contributed by atoms with Gasteiger partial charge >= 0.3 is 0 Å². The van der Waals surface area contributed by atoms with E-state index < -0.39 is 0 Å². The monoisotopic (exact) mass is 310 g/mol. The number of nitrogens with zero attached hydrogens (tertiary/aromatic N) is 2. The SMILES string of the molecule is COc1ccc(CN2CCN(C(C)C)[C@H](CCO)C2)c(F)c1. The summed E-state index contributed by atoms with van der Waals surface area (Å²) in [6.07, 6.45) is 0.764. The minimum Gasteiger partial charge on any atom is -0.497 e. The lowest BCUT2D eigenvalue weighted by molar-refractivity contribution is 0.0345. The molecule has 0 unspecified atom stereocenters. The highest BCUT2D eigenvalue weighted by molar-refractivity contribution is 5.28. The molecule has 0 aliphatic carbocycles. The van der Waals surface area contributed by atoms with Crippen LogP contribution in [0.3, 0.4) is 0 Å². The molecule has 1 atom stereocenters. The summed E-state index contributed by atoms with van der Waals surface area (Å²) in [7, 11) is 1.54. The van der Waals surface area contributed by atoms with Crippen LogP contribution in [-0.2, 0) is 6.54 Å². The number of ether oxygens (including phenoxy) is 1. The number of benzene rings is 1.